The van der Waals surface area contributed by atoms with Crippen LogP contribution in [0, 0.1) is 0 Å². The van der Waals surface area contributed by atoms with Gasteiger partial charge in [-0.25, -0.2) is 0 Å². The summed E-state index contributed by atoms with van der Waals surface area (Å²) in [7, 11) is 0. The summed E-state index contributed by atoms with van der Waals surface area (Å²) in [6.07, 6.45) is 62.7. The van der Waals surface area contributed by atoms with Crippen LogP contribution in [-0.2, 0) is 14.3 Å². The Morgan fingerprint density at radius 1 is 0.461 bits per heavy atom. The van der Waals surface area contributed by atoms with Gasteiger partial charge in [-0.3, -0.25) is 4.79 Å². The van der Waals surface area contributed by atoms with Gasteiger partial charge in [-0.2, -0.15) is 0 Å². The number of ether oxygens (including phenoxy) is 2. The molecule has 0 bridgehead atoms. The zero-order valence-corrected chi connectivity index (χ0v) is 49.6. The van der Waals surface area contributed by atoms with E-state index in [0.29, 0.717) is 6.42 Å². The number of nitrogens with one attached hydrogen (secondary N) is 1. The topological polar surface area (TPSA) is 169 Å². The highest BCUT2D eigenvalue weighted by atomic mass is 16.7. The van der Waals surface area contributed by atoms with Crippen molar-refractivity contribution in [3.63, 3.8) is 0 Å². The van der Waals surface area contributed by atoms with Gasteiger partial charge in [0, 0.05) is 0 Å². The van der Waals surface area contributed by atoms with E-state index in [1.54, 1.807) is 6.08 Å². The van der Waals surface area contributed by atoms with Crippen LogP contribution in [0.4, 0.5) is 0 Å². The molecule has 1 aliphatic rings. The maximum atomic E-state index is 13.2. The molecule has 1 amide bonds. The molecular formula is C66H125NO9. The number of allylic oxidation sites excluding steroid dienone is 5. The Labute approximate surface area is 468 Å². The third kappa shape index (κ3) is 43.2. The second-order valence-electron chi connectivity index (χ2n) is 23.1. The van der Waals surface area contributed by atoms with E-state index in [2.05, 4.69) is 43.5 Å². The lowest BCUT2D eigenvalue weighted by Gasteiger charge is -2.40. The van der Waals surface area contributed by atoms with Crippen LogP contribution in [0.15, 0.2) is 36.5 Å². The van der Waals surface area contributed by atoms with Crippen LogP contribution in [0.2, 0.25) is 0 Å². The summed E-state index contributed by atoms with van der Waals surface area (Å²) < 4.78 is 11.2. The maximum Gasteiger partial charge on any atom is 0.249 e. The zero-order chi connectivity index (χ0) is 55.2. The molecule has 1 rings (SSSR count). The second-order valence-corrected chi connectivity index (χ2v) is 23.1. The smallest absolute Gasteiger partial charge is 0.249 e. The molecule has 0 radical (unpaired) electrons. The van der Waals surface area contributed by atoms with Gasteiger partial charge in [-0.05, 0) is 51.4 Å². The Morgan fingerprint density at radius 3 is 1.17 bits per heavy atom. The summed E-state index contributed by atoms with van der Waals surface area (Å²) in [6, 6.07) is -0.980. The largest absolute Gasteiger partial charge is 0.394 e. The second kappa shape index (κ2) is 55.3. The lowest BCUT2D eigenvalue weighted by Crippen LogP contribution is -2.60. The molecule has 8 unspecified atom stereocenters. The monoisotopic (exact) mass is 1080 g/mol. The first-order valence-electron chi connectivity index (χ1n) is 32.8. The van der Waals surface area contributed by atoms with Gasteiger partial charge in [0.15, 0.2) is 6.29 Å². The van der Waals surface area contributed by atoms with E-state index in [4.69, 9.17) is 9.47 Å². The van der Waals surface area contributed by atoms with E-state index in [0.717, 1.165) is 51.4 Å². The van der Waals surface area contributed by atoms with Crippen molar-refractivity contribution >= 4 is 5.91 Å². The first kappa shape index (κ1) is 72.4. The highest BCUT2D eigenvalue weighted by Gasteiger charge is 2.44. The molecule has 0 aromatic rings. The van der Waals surface area contributed by atoms with Crippen molar-refractivity contribution in [2.24, 2.45) is 0 Å². The van der Waals surface area contributed by atoms with Crippen molar-refractivity contribution in [3.05, 3.63) is 36.5 Å². The first-order valence-corrected chi connectivity index (χ1v) is 32.8. The molecule has 0 aromatic heterocycles. The van der Waals surface area contributed by atoms with Crippen LogP contribution in [-0.4, -0.2) is 98.7 Å². The minimum Gasteiger partial charge on any atom is -0.394 e. The summed E-state index contributed by atoms with van der Waals surface area (Å²) in [4.78, 5) is 13.2. The number of aliphatic hydroxyl groups excluding tert-OH is 6. The number of carbonyl (C=O) groups is 1. The third-order valence-corrected chi connectivity index (χ3v) is 15.8. The van der Waals surface area contributed by atoms with Crippen LogP contribution in [0.3, 0.4) is 0 Å². The van der Waals surface area contributed by atoms with Crippen LogP contribution >= 0.6 is 0 Å². The average Bonchev–Trinajstić information content (AvgIpc) is 3.42. The predicted octanol–water partition coefficient (Wildman–Crippen LogP) is 16.1. The van der Waals surface area contributed by atoms with Crippen LogP contribution < -0.4 is 5.32 Å². The molecule has 7 N–H and O–H groups in total. The summed E-state index contributed by atoms with van der Waals surface area (Å²) in [6.45, 7) is 3.65. The molecule has 1 fully saturated rings. The number of aliphatic hydroxyl groups is 6. The van der Waals surface area contributed by atoms with Crippen molar-refractivity contribution in [3.8, 4) is 0 Å². The molecule has 0 saturated carbocycles. The molecule has 0 aromatic carbocycles. The van der Waals surface area contributed by atoms with Crippen molar-refractivity contribution in [1.29, 1.82) is 0 Å². The fourth-order valence-corrected chi connectivity index (χ4v) is 10.6. The van der Waals surface area contributed by atoms with E-state index < -0.39 is 61.5 Å². The standard InChI is InChI=1S/C66H125NO9/c1-3-5-7-9-11-13-15-17-19-21-22-23-24-25-26-27-28-29-30-31-32-33-34-35-36-37-39-41-43-45-47-49-51-53-55-60(70)65(74)67-58(57-75-66-64(73)63(72)62(71)61(56-68)76-66)59(69)54-52-50-48-46-44-42-40-38-20-18-16-14-12-10-8-6-4-2/h24-25,27-28,52,54,58-64,66,68-73H,3-23,26,29-51,53,55-57H2,1-2H3,(H,67,74)/b25-24-,28-27-,54-52+. The van der Waals surface area contributed by atoms with Gasteiger partial charge < -0.3 is 45.4 Å². The van der Waals surface area contributed by atoms with E-state index in [1.165, 1.54) is 244 Å². The molecule has 8 atom stereocenters. The predicted molar refractivity (Wildman–Crippen MR) is 319 cm³/mol. The molecular weight excluding hydrogens is 951 g/mol. The van der Waals surface area contributed by atoms with Crippen LogP contribution in [0.25, 0.3) is 0 Å². The maximum absolute atomic E-state index is 13.2. The SMILES string of the molecule is CCCCCCCCCCCCC/C=C\C/C=C\CCCCCCCCCCCCCCCCCCC(O)C(=O)NC(COC1OC(CO)C(O)C(O)C1O)C(O)/C=C/CCCCCCCCCCCCCCCCC. The summed E-state index contributed by atoms with van der Waals surface area (Å²) in [5, 5.41) is 65.2. The van der Waals surface area contributed by atoms with Gasteiger partial charge in [0.05, 0.1) is 25.4 Å². The van der Waals surface area contributed by atoms with Gasteiger partial charge >= 0.3 is 0 Å². The molecule has 0 aliphatic carbocycles. The highest BCUT2D eigenvalue weighted by Crippen LogP contribution is 2.23. The number of hydrogen-bond donors (Lipinski definition) is 7. The van der Waals surface area contributed by atoms with Gasteiger partial charge in [-0.1, -0.05) is 301 Å². The highest BCUT2D eigenvalue weighted by molar-refractivity contribution is 5.80. The molecule has 1 heterocycles. The fraction of sp³-hybridized carbons (Fsp3) is 0.894. The Hall–Kier alpha value is -1.63. The first-order chi connectivity index (χ1) is 37.3. The quantitative estimate of drug-likeness (QED) is 0.0232. The van der Waals surface area contributed by atoms with E-state index in [-0.39, 0.29) is 6.61 Å². The Kier molecular flexibility index (Phi) is 52.7. The average molecular weight is 1080 g/mol. The van der Waals surface area contributed by atoms with Crippen LogP contribution in [0.1, 0.15) is 316 Å². The molecule has 1 aliphatic heterocycles. The molecule has 0 spiro atoms. The Morgan fingerprint density at radius 2 is 0.803 bits per heavy atom. The van der Waals surface area contributed by atoms with Crippen molar-refractivity contribution in [1.82, 2.24) is 5.32 Å². The Bertz CT molecular complexity index is 1310. The van der Waals surface area contributed by atoms with E-state index in [9.17, 15) is 35.4 Å². The van der Waals surface area contributed by atoms with Crippen molar-refractivity contribution < 1.29 is 44.9 Å². The molecule has 76 heavy (non-hydrogen) atoms. The number of amides is 1. The summed E-state index contributed by atoms with van der Waals surface area (Å²) >= 11 is 0. The fourth-order valence-electron chi connectivity index (χ4n) is 10.6. The molecule has 10 nitrogen and oxygen atoms in total. The van der Waals surface area contributed by atoms with Crippen molar-refractivity contribution in [2.75, 3.05) is 13.2 Å². The number of unbranched alkanes of at least 4 members (excludes halogenated alkanes) is 42. The molecule has 1 saturated heterocycles. The number of rotatable bonds is 57. The van der Waals surface area contributed by atoms with Crippen LogP contribution in [0.5, 0.6) is 0 Å². The summed E-state index contributed by atoms with van der Waals surface area (Å²) in [5.74, 6) is -0.612. The van der Waals surface area contributed by atoms with E-state index in [1.807, 2.05) is 6.08 Å². The van der Waals surface area contributed by atoms with Gasteiger partial charge in [0.25, 0.3) is 0 Å². The summed E-state index contributed by atoms with van der Waals surface area (Å²) in [5.41, 5.74) is 0. The minimum absolute atomic E-state index is 0.303. The van der Waals surface area contributed by atoms with Crippen molar-refractivity contribution in [2.45, 2.75) is 365 Å². The minimum atomic E-state index is -1.61. The Balaban J connectivity index is 2.15. The van der Waals surface area contributed by atoms with E-state index >= 15 is 0 Å². The van der Waals surface area contributed by atoms with Gasteiger partial charge in [0.2, 0.25) is 5.91 Å². The number of hydrogen-bond acceptors (Lipinski definition) is 9. The zero-order valence-electron chi connectivity index (χ0n) is 49.6. The van der Waals surface area contributed by atoms with Gasteiger partial charge in [-0.15, -0.1) is 0 Å². The number of carbonyl (C=O) groups excluding carboxylic acids is 1. The molecule has 448 valence electrons. The van der Waals surface area contributed by atoms with Gasteiger partial charge in [0.1, 0.15) is 30.5 Å². The lowest BCUT2D eigenvalue weighted by atomic mass is 9.99. The molecule has 10 heteroatoms. The third-order valence-electron chi connectivity index (χ3n) is 15.8. The normalized spacial score (nSPS) is 19.4. The lowest BCUT2D eigenvalue weighted by molar-refractivity contribution is -0.302.